The van der Waals surface area contributed by atoms with Crippen LogP contribution in [0.3, 0.4) is 0 Å². The lowest BCUT2D eigenvalue weighted by molar-refractivity contribution is -0.127. The number of nitrogens with zero attached hydrogens (tertiary/aromatic N) is 1. The van der Waals surface area contributed by atoms with Gasteiger partial charge in [0.2, 0.25) is 0 Å². The van der Waals surface area contributed by atoms with E-state index in [9.17, 15) is 9.59 Å². The van der Waals surface area contributed by atoms with Crippen molar-refractivity contribution in [1.29, 1.82) is 0 Å². The van der Waals surface area contributed by atoms with Gasteiger partial charge in [-0.2, -0.15) is 5.10 Å². The molecule has 3 rings (SSSR count). The van der Waals surface area contributed by atoms with Crippen LogP contribution >= 0.6 is 11.3 Å². The predicted octanol–water partition coefficient (Wildman–Crippen LogP) is 2.55. The van der Waals surface area contributed by atoms with Gasteiger partial charge in [0.15, 0.2) is 6.61 Å². The summed E-state index contributed by atoms with van der Waals surface area (Å²) in [4.78, 5) is 24.3. The molecule has 0 spiro atoms. The number of hydrazone groups is 1. The molecule has 0 fully saturated rings. The molecule has 0 saturated heterocycles. The van der Waals surface area contributed by atoms with Crippen LogP contribution in [-0.4, -0.2) is 31.2 Å². The third kappa shape index (κ3) is 5.15. The Morgan fingerprint density at radius 3 is 2.69 bits per heavy atom. The van der Waals surface area contributed by atoms with Crippen molar-refractivity contribution in [3.63, 3.8) is 0 Å². The SMILES string of the molecule is O=C(COc1ccc2ccccc2c1)NCC(=O)N/N=C\c1cccs1. The van der Waals surface area contributed by atoms with Gasteiger partial charge >= 0.3 is 0 Å². The number of thiophene rings is 1. The first kappa shape index (κ1) is 17.6. The van der Waals surface area contributed by atoms with E-state index < -0.39 is 5.91 Å². The summed E-state index contributed by atoms with van der Waals surface area (Å²) in [5.41, 5.74) is 2.35. The largest absolute Gasteiger partial charge is 0.484 e. The topological polar surface area (TPSA) is 79.8 Å². The highest BCUT2D eigenvalue weighted by molar-refractivity contribution is 7.11. The van der Waals surface area contributed by atoms with Crippen LogP contribution in [0.15, 0.2) is 65.1 Å². The van der Waals surface area contributed by atoms with Gasteiger partial charge in [0.05, 0.1) is 12.8 Å². The molecule has 0 aliphatic heterocycles. The average molecular weight is 367 g/mol. The number of benzene rings is 2. The molecule has 2 N–H and O–H groups in total. The van der Waals surface area contributed by atoms with Gasteiger partial charge in [-0.3, -0.25) is 9.59 Å². The molecule has 0 radical (unpaired) electrons. The molecule has 1 heterocycles. The Balaban J connectivity index is 1.40. The highest BCUT2D eigenvalue weighted by Crippen LogP contribution is 2.20. The van der Waals surface area contributed by atoms with Crippen LogP contribution in [0, 0.1) is 0 Å². The summed E-state index contributed by atoms with van der Waals surface area (Å²) in [6.45, 7) is -0.328. The van der Waals surface area contributed by atoms with E-state index in [2.05, 4.69) is 15.8 Å². The van der Waals surface area contributed by atoms with Crippen molar-refractivity contribution in [2.45, 2.75) is 0 Å². The van der Waals surface area contributed by atoms with E-state index in [0.717, 1.165) is 15.6 Å². The van der Waals surface area contributed by atoms with Crippen molar-refractivity contribution in [3.8, 4) is 5.75 Å². The number of amides is 2. The van der Waals surface area contributed by atoms with E-state index in [-0.39, 0.29) is 19.1 Å². The minimum absolute atomic E-state index is 0.163. The quantitative estimate of drug-likeness (QED) is 0.497. The molecule has 26 heavy (non-hydrogen) atoms. The standard InChI is InChI=1S/C19H17N3O3S/c23-18(22-21-11-17-6-3-9-26-17)12-20-19(24)13-25-16-8-7-14-4-1-2-5-15(14)10-16/h1-11H,12-13H2,(H,20,24)(H,22,23)/b21-11-. The lowest BCUT2D eigenvalue weighted by Crippen LogP contribution is -2.37. The van der Waals surface area contributed by atoms with Gasteiger partial charge in [0, 0.05) is 4.88 Å². The van der Waals surface area contributed by atoms with Crippen LogP contribution in [0.2, 0.25) is 0 Å². The third-order valence-electron chi connectivity index (χ3n) is 3.46. The molecule has 1 aromatic heterocycles. The van der Waals surface area contributed by atoms with Gasteiger partial charge in [0.25, 0.3) is 11.8 Å². The first-order valence-electron chi connectivity index (χ1n) is 7.94. The van der Waals surface area contributed by atoms with Crippen molar-refractivity contribution in [2.24, 2.45) is 5.10 Å². The molecule has 132 valence electrons. The molecule has 3 aromatic rings. The Morgan fingerprint density at radius 2 is 1.88 bits per heavy atom. The Labute approximate surface area is 154 Å². The number of hydrogen-bond acceptors (Lipinski definition) is 5. The molecular formula is C19H17N3O3S. The van der Waals surface area contributed by atoms with Gasteiger partial charge in [0.1, 0.15) is 5.75 Å². The van der Waals surface area contributed by atoms with Crippen molar-refractivity contribution < 1.29 is 14.3 Å². The van der Waals surface area contributed by atoms with Gasteiger partial charge in [-0.05, 0) is 34.4 Å². The van der Waals surface area contributed by atoms with Crippen molar-refractivity contribution in [2.75, 3.05) is 13.2 Å². The van der Waals surface area contributed by atoms with Crippen molar-refractivity contribution in [1.82, 2.24) is 10.7 Å². The molecule has 0 atom stereocenters. The summed E-state index contributed by atoms with van der Waals surface area (Å²) in [5, 5.41) is 10.4. The zero-order valence-corrected chi connectivity index (χ0v) is 14.7. The summed E-state index contributed by atoms with van der Waals surface area (Å²) in [6, 6.07) is 17.3. The molecule has 0 bridgehead atoms. The molecule has 2 aromatic carbocycles. The van der Waals surface area contributed by atoms with Crippen LogP contribution in [0.4, 0.5) is 0 Å². The fourth-order valence-corrected chi connectivity index (χ4v) is 2.79. The average Bonchev–Trinajstić information content (AvgIpc) is 3.18. The molecular weight excluding hydrogens is 350 g/mol. The summed E-state index contributed by atoms with van der Waals surface area (Å²) in [6.07, 6.45) is 1.55. The van der Waals surface area contributed by atoms with Gasteiger partial charge in [-0.25, -0.2) is 5.43 Å². The maximum Gasteiger partial charge on any atom is 0.259 e. The van der Waals surface area contributed by atoms with Crippen molar-refractivity contribution in [3.05, 3.63) is 64.9 Å². The Hall–Kier alpha value is -3.19. The number of carbonyl (C=O) groups excluding carboxylic acids is 2. The number of nitrogens with one attached hydrogen (secondary N) is 2. The van der Waals surface area contributed by atoms with Crippen LogP contribution in [0.5, 0.6) is 5.75 Å². The maximum absolute atomic E-state index is 11.8. The Kier molecular flexibility index (Phi) is 5.95. The number of hydrogen-bond donors (Lipinski definition) is 2. The summed E-state index contributed by atoms with van der Waals surface area (Å²) in [7, 11) is 0. The summed E-state index contributed by atoms with van der Waals surface area (Å²) < 4.78 is 5.47. The zero-order chi connectivity index (χ0) is 18.2. The third-order valence-corrected chi connectivity index (χ3v) is 4.27. The molecule has 0 saturated carbocycles. The van der Waals surface area contributed by atoms with E-state index >= 15 is 0 Å². The van der Waals surface area contributed by atoms with E-state index in [1.54, 1.807) is 6.21 Å². The van der Waals surface area contributed by atoms with E-state index in [4.69, 9.17) is 4.74 Å². The molecule has 0 unspecified atom stereocenters. The van der Waals surface area contributed by atoms with Crippen LogP contribution in [-0.2, 0) is 9.59 Å². The van der Waals surface area contributed by atoms with Crippen LogP contribution in [0.25, 0.3) is 10.8 Å². The van der Waals surface area contributed by atoms with E-state index in [0.29, 0.717) is 5.75 Å². The van der Waals surface area contributed by atoms with Crippen molar-refractivity contribution >= 4 is 40.1 Å². The smallest absolute Gasteiger partial charge is 0.259 e. The second-order valence-electron chi connectivity index (χ2n) is 5.38. The minimum Gasteiger partial charge on any atom is -0.484 e. The second-order valence-corrected chi connectivity index (χ2v) is 6.36. The first-order valence-corrected chi connectivity index (χ1v) is 8.82. The Bertz CT molecular complexity index is 923. The number of ether oxygens (including phenoxy) is 1. The summed E-state index contributed by atoms with van der Waals surface area (Å²) >= 11 is 1.51. The molecule has 6 nitrogen and oxygen atoms in total. The highest BCUT2D eigenvalue weighted by Gasteiger charge is 2.06. The highest BCUT2D eigenvalue weighted by atomic mass is 32.1. The Morgan fingerprint density at radius 1 is 1.04 bits per heavy atom. The molecule has 2 amide bonds. The van der Waals surface area contributed by atoms with E-state index in [1.165, 1.54) is 11.3 Å². The second kappa shape index (κ2) is 8.77. The predicted molar refractivity (Wildman–Crippen MR) is 103 cm³/mol. The van der Waals surface area contributed by atoms with E-state index in [1.807, 2.05) is 60.0 Å². The van der Waals surface area contributed by atoms with Gasteiger partial charge in [-0.1, -0.05) is 36.4 Å². The molecule has 7 heteroatoms. The zero-order valence-electron chi connectivity index (χ0n) is 13.8. The number of fused-ring (bicyclic) bond motifs is 1. The molecule has 0 aliphatic carbocycles. The summed E-state index contributed by atoms with van der Waals surface area (Å²) in [5.74, 6) is -0.184. The van der Waals surface area contributed by atoms with Gasteiger partial charge in [-0.15, -0.1) is 11.3 Å². The lowest BCUT2D eigenvalue weighted by Gasteiger charge is -2.08. The monoisotopic (exact) mass is 367 g/mol. The lowest BCUT2D eigenvalue weighted by atomic mass is 10.1. The minimum atomic E-state index is -0.406. The normalized spacial score (nSPS) is 10.8. The van der Waals surface area contributed by atoms with Gasteiger partial charge < -0.3 is 10.1 Å². The fraction of sp³-hybridized carbons (Fsp3) is 0.105. The molecule has 0 aliphatic rings. The first-order chi connectivity index (χ1) is 12.7. The number of carbonyl (C=O) groups is 2. The van der Waals surface area contributed by atoms with Crippen LogP contribution in [0.1, 0.15) is 4.88 Å². The fourth-order valence-electron chi connectivity index (χ4n) is 2.21. The van der Waals surface area contributed by atoms with Crippen LogP contribution < -0.4 is 15.5 Å². The number of rotatable bonds is 7. The maximum atomic E-state index is 11.8.